The summed E-state index contributed by atoms with van der Waals surface area (Å²) < 4.78 is 5.52. The van der Waals surface area contributed by atoms with Gasteiger partial charge in [-0.2, -0.15) is 0 Å². The van der Waals surface area contributed by atoms with E-state index in [9.17, 15) is 19.5 Å². The van der Waals surface area contributed by atoms with Gasteiger partial charge in [-0.05, 0) is 56.6 Å². The molecule has 2 aromatic carbocycles. The van der Waals surface area contributed by atoms with Crippen molar-refractivity contribution >= 4 is 18.0 Å². The largest absolute Gasteiger partial charge is 0.480 e. The number of rotatable bonds is 10. The van der Waals surface area contributed by atoms with Crippen LogP contribution in [-0.2, 0) is 14.3 Å². The zero-order valence-corrected chi connectivity index (χ0v) is 20.1. The highest BCUT2D eigenvalue weighted by Crippen LogP contribution is 2.44. The smallest absolute Gasteiger partial charge is 0.407 e. The van der Waals surface area contributed by atoms with Gasteiger partial charge in [0, 0.05) is 19.0 Å². The maximum Gasteiger partial charge on any atom is 0.407 e. The summed E-state index contributed by atoms with van der Waals surface area (Å²) >= 11 is 0. The summed E-state index contributed by atoms with van der Waals surface area (Å²) in [6, 6.07) is 15.2. The van der Waals surface area contributed by atoms with Crippen molar-refractivity contribution in [2.75, 3.05) is 33.8 Å². The van der Waals surface area contributed by atoms with Crippen LogP contribution in [0.4, 0.5) is 4.79 Å². The Morgan fingerprint density at radius 2 is 1.59 bits per heavy atom. The van der Waals surface area contributed by atoms with E-state index in [-0.39, 0.29) is 25.5 Å². The third-order valence-electron chi connectivity index (χ3n) is 6.10. The number of carbonyl (C=O) groups excluding carboxylic acids is 2. The highest BCUT2D eigenvalue weighted by molar-refractivity contribution is 5.87. The zero-order chi connectivity index (χ0) is 24.9. The lowest BCUT2D eigenvalue weighted by molar-refractivity contribution is -0.143. The van der Waals surface area contributed by atoms with Crippen LogP contribution in [0.1, 0.15) is 37.3 Å². The van der Waals surface area contributed by atoms with E-state index in [2.05, 4.69) is 22.8 Å². The maximum absolute atomic E-state index is 12.7. The molecule has 182 valence electrons. The molecule has 0 radical (unpaired) electrons. The number of hydrogen-bond donors (Lipinski definition) is 3. The first-order chi connectivity index (χ1) is 16.1. The van der Waals surface area contributed by atoms with Gasteiger partial charge >= 0.3 is 12.1 Å². The highest BCUT2D eigenvalue weighted by Gasteiger charge is 2.33. The fourth-order valence-corrected chi connectivity index (χ4v) is 4.02. The zero-order valence-electron chi connectivity index (χ0n) is 20.1. The Balaban J connectivity index is 1.54. The van der Waals surface area contributed by atoms with E-state index >= 15 is 0 Å². The number of amides is 2. The molecule has 8 nitrogen and oxygen atoms in total. The topological polar surface area (TPSA) is 108 Å². The van der Waals surface area contributed by atoms with Crippen LogP contribution in [0.5, 0.6) is 0 Å². The lowest BCUT2D eigenvalue weighted by Crippen LogP contribution is -2.51. The van der Waals surface area contributed by atoms with Gasteiger partial charge in [-0.3, -0.25) is 4.79 Å². The monoisotopic (exact) mass is 467 g/mol. The number of carboxylic acids is 1. The second kappa shape index (κ2) is 10.7. The molecule has 1 unspecified atom stereocenters. The average molecular weight is 468 g/mol. The summed E-state index contributed by atoms with van der Waals surface area (Å²) in [7, 11) is 3.67. The van der Waals surface area contributed by atoms with Gasteiger partial charge in [-0.15, -0.1) is 0 Å². The fraction of sp³-hybridized carbons (Fsp3) is 0.423. The van der Waals surface area contributed by atoms with E-state index in [4.69, 9.17) is 4.74 Å². The van der Waals surface area contributed by atoms with Crippen LogP contribution in [0.25, 0.3) is 11.1 Å². The van der Waals surface area contributed by atoms with Gasteiger partial charge in [0.05, 0.1) is 5.41 Å². The van der Waals surface area contributed by atoms with E-state index in [0.717, 1.165) is 22.3 Å². The van der Waals surface area contributed by atoms with Crippen LogP contribution in [0.3, 0.4) is 0 Å². The van der Waals surface area contributed by atoms with Crippen LogP contribution in [0.2, 0.25) is 0 Å². The van der Waals surface area contributed by atoms with Crippen molar-refractivity contribution in [3.8, 4) is 11.1 Å². The van der Waals surface area contributed by atoms with Crippen molar-refractivity contribution in [1.82, 2.24) is 15.5 Å². The molecule has 0 spiro atoms. The predicted molar refractivity (Wildman–Crippen MR) is 130 cm³/mol. The Morgan fingerprint density at radius 3 is 2.12 bits per heavy atom. The number of alkyl carbamates (subject to hydrolysis) is 1. The van der Waals surface area contributed by atoms with Gasteiger partial charge in [0.2, 0.25) is 5.91 Å². The van der Waals surface area contributed by atoms with E-state index in [0.29, 0.717) is 6.54 Å². The second-order valence-corrected chi connectivity index (χ2v) is 9.52. The van der Waals surface area contributed by atoms with Gasteiger partial charge in [0.1, 0.15) is 12.6 Å². The minimum atomic E-state index is -1.09. The summed E-state index contributed by atoms with van der Waals surface area (Å²) in [5.41, 5.74) is 3.51. The van der Waals surface area contributed by atoms with Crippen LogP contribution in [-0.4, -0.2) is 67.8 Å². The summed E-state index contributed by atoms with van der Waals surface area (Å²) in [5, 5.41) is 14.6. The number of benzene rings is 2. The average Bonchev–Trinajstić information content (AvgIpc) is 3.12. The maximum atomic E-state index is 12.7. The number of ether oxygens (including phenoxy) is 1. The van der Waals surface area contributed by atoms with Crippen LogP contribution in [0, 0.1) is 5.41 Å². The quantitative estimate of drug-likeness (QED) is 0.496. The van der Waals surface area contributed by atoms with E-state index in [1.54, 1.807) is 13.8 Å². The van der Waals surface area contributed by atoms with Crippen molar-refractivity contribution in [2.24, 2.45) is 5.41 Å². The summed E-state index contributed by atoms with van der Waals surface area (Å²) in [4.78, 5) is 38.5. The summed E-state index contributed by atoms with van der Waals surface area (Å²) in [6.07, 6.45) is -0.339. The number of nitrogens with one attached hydrogen (secondary N) is 2. The Labute approximate surface area is 200 Å². The molecule has 0 aliphatic heterocycles. The first kappa shape index (κ1) is 25.2. The third kappa shape index (κ3) is 5.94. The lowest BCUT2D eigenvalue weighted by atomic mass is 9.91. The molecule has 2 amide bonds. The van der Waals surface area contributed by atoms with Crippen molar-refractivity contribution in [3.05, 3.63) is 59.7 Å². The Kier molecular flexibility index (Phi) is 7.94. The fourth-order valence-electron chi connectivity index (χ4n) is 4.02. The molecule has 1 aliphatic carbocycles. The lowest BCUT2D eigenvalue weighted by Gasteiger charge is -2.26. The molecule has 0 aromatic heterocycles. The first-order valence-electron chi connectivity index (χ1n) is 11.4. The number of carbonyl (C=O) groups is 3. The molecule has 0 bridgehead atoms. The highest BCUT2D eigenvalue weighted by atomic mass is 16.5. The molecule has 0 saturated carbocycles. The minimum absolute atomic E-state index is 0.00945. The normalized spacial score (nSPS) is 13.7. The van der Waals surface area contributed by atoms with Gasteiger partial charge < -0.3 is 25.4 Å². The van der Waals surface area contributed by atoms with Crippen molar-refractivity contribution < 1.29 is 24.2 Å². The first-order valence-corrected chi connectivity index (χ1v) is 11.4. The number of nitrogens with zero attached hydrogens (tertiary/aromatic N) is 1. The number of hydrogen-bond acceptors (Lipinski definition) is 5. The van der Waals surface area contributed by atoms with Crippen molar-refractivity contribution in [2.45, 2.75) is 32.2 Å². The second-order valence-electron chi connectivity index (χ2n) is 9.52. The molecular weight excluding hydrogens is 434 g/mol. The van der Waals surface area contributed by atoms with Crippen molar-refractivity contribution in [1.29, 1.82) is 0 Å². The molecule has 0 fully saturated rings. The van der Waals surface area contributed by atoms with E-state index in [1.165, 1.54) is 0 Å². The molecule has 8 heteroatoms. The SMILES string of the molecule is CN(C)CCC(NC(=O)C(C)(C)CNC(=O)OCC1c2ccccc2-c2ccccc21)C(=O)O. The van der Waals surface area contributed by atoms with E-state index < -0.39 is 29.4 Å². The molecule has 3 rings (SSSR count). The van der Waals surface area contributed by atoms with Gasteiger partial charge in [0.15, 0.2) is 0 Å². The standard InChI is InChI=1S/C26H33N3O5/c1-26(2,24(32)28-22(23(30)31)13-14-29(3)4)16-27-25(33)34-15-21-19-11-7-5-9-17(19)18-10-6-8-12-20(18)21/h5-12,21-22H,13-16H2,1-4H3,(H,27,33)(H,28,32)(H,30,31). The van der Waals surface area contributed by atoms with Crippen LogP contribution < -0.4 is 10.6 Å². The Bertz CT molecular complexity index is 1000. The molecule has 34 heavy (non-hydrogen) atoms. The Morgan fingerprint density at radius 1 is 1.03 bits per heavy atom. The predicted octanol–water partition coefficient (Wildman–Crippen LogP) is 3.07. The molecular formula is C26H33N3O5. The summed E-state index contributed by atoms with van der Waals surface area (Å²) in [6.45, 7) is 4.01. The van der Waals surface area contributed by atoms with Gasteiger partial charge in [0.25, 0.3) is 0 Å². The minimum Gasteiger partial charge on any atom is -0.480 e. The van der Waals surface area contributed by atoms with Crippen LogP contribution in [0.15, 0.2) is 48.5 Å². The molecule has 0 heterocycles. The Hall–Kier alpha value is -3.39. The van der Waals surface area contributed by atoms with Gasteiger partial charge in [-0.25, -0.2) is 9.59 Å². The molecule has 3 N–H and O–H groups in total. The third-order valence-corrected chi connectivity index (χ3v) is 6.10. The van der Waals surface area contributed by atoms with Crippen molar-refractivity contribution in [3.63, 3.8) is 0 Å². The molecule has 0 saturated heterocycles. The van der Waals surface area contributed by atoms with E-state index in [1.807, 2.05) is 55.4 Å². The molecule has 1 atom stereocenters. The number of fused-ring (bicyclic) bond motifs is 3. The molecule has 1 aliphatic rings. The molecule has 2 aromatic rings. The number of aliphatic carboxylic acids is 1. The van der Waals surface area contributed by atoms with Gasteiger partial charge in [-0.1, -0.05) is 48.5 Å². The summed E-state index contributed by atoms with van der Waals surface area (Å²) in [5.74, 6) is -1.59. The van der Waals surface area contributed by atoms with Crippen LogP contribution >= 0.6 is 0 Å². The number of carboxylic acid groups (broad SMARTS) is 1.